The number of amides is 4. The number of imide groups is 2. The van der Waals surface area contributed by atoms with Gasteiger partial charge in [0.05, 0.1) is 38.1 Å². The van der Waals surface area contributed by atoms with Crippen molar-refractivity contribution in [1.82, 2.24) is 9.80 Å². The summed E-state index contributed by atoms with van der Waals surface area (Å²) in [5.74, 6) is -1.64. The van der Waals surface area contributed by atoms with Gasteiger partial charge in [0.25, 0.3) is 11.8 Å². The molecule has 4 aliphatic rings. The lowest BCUT2D eigenvalue weighted by Gasteiger charge is -2.36. The Morgan fingerprint density at radius 1 is 0.520 bits per heavy atom. The highest BCUT2D eigenvalue weighted by Gasteiger charge is 2.35. The Hall–Kier alpha value is -4.10. The number of esters is 4. The van der Waals surface area contributed by atoms with Crippen molar-refractivity contribution in [2.45, 2.75) is 103 Å². The first-order valence-corrected chi connectivity index (χ1v) is 18.1. The van der Waals surface area contributed by atoms with Crippen molar-refractivity contribution in [3.8, 4) is 0 Å². The van der Waals surface area contributed by atoms with Crippen LogP contribution < -0.4 is 0 Å². The van der Waals surface area contributed by atoms with Crippen molar-refractivity contribution in [1.29, 1.82) is 0 Å². The first kappa shape index (κ1) is 38.7. The molecule has 0 aromatic rings. The van der Waals surface area contributed by atoms with Gasteiger partial charge in [0, 0.05) is 37.8 Å². The van der Waals surface area contributed by atoms with Crippen molar-refractivity contribution >= 4 is 47.5 Å². The van der Waals surface area contributed by atoms with Crippen LogP contribution in [0.4, 0.5) is 0 Å². The molecule has 0 radical (unpaired) electrons. The maximum atomic E-state index is 12.6. The molecule has 2 aliphatic carbocycles. The van der Waals surface area contributed by atoms with Crippen LogP contribution in [-0.2, 0) is 57.3 Å². The number of carbonyl (C=O) groups is 8. The summed E-state index contributed by atoms with van der Waals surface area (Å²) in [6, 6.07) is 0. The molecule has 3 fully saturated rings. The Kier molecular flexibility index (Phi) is 15.4. The monoisotopic (exact) mass is 702 g/mol. The molecule has 0 bridgehead atoms. The van der Waals surface area contributed by atoms with Crippen LogP contribution in [0.2, 0.25) is 0 Å². The quantitative estimate of drug-likeness (QED) is 0.0832. The highest BCUT2D eigenvalue weighted by molar-refractivity contribution is 6.12. The lowest BCUT2D eigenvalue weighted by Crippen LogP contribution is -2.33. The Morgan fingerprint density at radius 2 is 0.920 bits per heavy atom. The van der Waals surface area contributed by atoms with E-state index in [2.05, 4.69) is 0 Å². The van der Waals surface area contributed by atoms with E-state index in [9.17, 15) is 38.4 Å². The van der Waals surface area contributed by atoms with E-state index >= 15 is 0 Å². The molecule has 4 amide bonds. The summed E-state index contributed by atoms with van der Waals surface area (Å²) < 4.78 is 21.2. The average Bonchev–Trinajstić information content (AvgIpc) is 3.61. The normalized spacial score (nSPS) is 23.7. The lowest BCUT2D eigenvalue weighted by atomic mass is 9.69. The molecule has 0 atom stereocenters. The Bertz CT molecular complexity index is 1190. The summed E-state index contributed by atoms with van der Waals surface area (Å²) in [5.41, 5.74) is 0. The van der Waals surface area contributed by atoms with Gasteiger partial charge in [-0.15, -0.1) is 0 Å². The van der Waals surface area contributed by atoms with Crippen molar-refractivity contribution in [3.63, 3.8) is 0 Å². The Morgan fingerprint density at radius 3 is 1.34 bits per heavy atom. The van der Waals surface area contributed by atoms with Crippen molar-refractivity contribution in [2.75, 3.05) is 39.5 Å². The molecule has 0 aromatic heterocycles. The molecule has 276 valence electrons. The SMILES string of the molecule is O=C(CCCCOC(=O)C1CCC(C2CCC(C(=O)OCCCCC(=O)OCCN3C(=O)CCC3=O)CC2)CC1)OCCN1C(=O)C=CC1=O. The zero-order valence-electron chi connectivity index (χ0n) is 28.8. The molecular formula is C36H50N2O12. The first-order valence-electron chi connectivity index (χ1n) is 18.1. The highest BCUT2D eigenvalue weighted by atomic mass is 16.5. The second kappa shape index (κ2) is 19.9. The minimum absolute atomic E-state index is 0.0108. The van der Waals surface area contributed by atoms with Crippen molar-refractivity contribution in [3.05, 3.63) is 12.2 Å². The van der Waals surface area contributed by atoms with Crippen molar-refractivity contribution < 1.29 is 57.3 Å². The fraction of sp³-hybridized carbons (Fsp3) is 0.722. The second-order valence-corrected chi connectivity index (χ2v) is 13.5. The minimum Gasteiger partial charge on any atom is -0.465 e. The number of unbranched alkanes of at least 4 members (excludes halogenated alkanes) is 2. The third kappa shape index (κ3) is 12.0. The zero-order chi connectivity index (χ0) is 35.9. The standard InChI is InChI=1S/C36H50N2O12/c39-29-15-16-30(40)37(29)19-23-47-33(43)5-1-3-21-49-35(45)27-11-7-25(8-12-27)26-9-13-28(14-10-26)36(46)50-22-4-2-6-34(44)48-24-20-38-31(41)17-18-32(38)42/h15-16,25-28H,1-14,17-24H2. The number of hydrogen-bond donors (Lipinski definition) is 0. The van der Waals surface area contributed by atoms with E-state index in [4.69, 9.17) is 18.9 Å². The largest absolute Gasteiger partial charge is 0.465 e. The van der Waals surface area contributed by atoms with Gasteiger partial charge in [0.2, 0.25) is 11.8 Å². The predicted octanol–water partition coefficient (Wildman–Crippen LogP) is 3.19. The Labute approximate surface area is 292 Å². The van der Waals surface area contributed by atoms with Gasteiger partial charge in [-0.25, -0.2) is 0 Å². The molecule has 0 unspecified atom stereocenters. The van der Waals surface area contributed by atoms with E-state index in [0.29, 0.717) is 37.5 Å². The first-order chi connectivity index (χ1) is 24.1. The summed E-state index contributed by atoms with van der Waals surface area (Å²) in [4.78, 5) is 97.3. The third-order valence-corrected chi connectivity index (χ3v) is 10.1. The van der Waals surface area contributed by atoms with E-state index < -0.39 is 23.8 Å². The maximum absolute atomic E-state index is 12.6. The van der Waals surface area contributed by atoms with Gasteiger partial charge < -0.3 is 18.9 Å². The highest BCUT2D eigenvalue weighted by Crippen LogP contribution is 2.42. The molecule has 2 heterocycles. The van der Waals surface area contributed by atoms with Gasteiger partial charge in [0.15, 0.2) is 0 Å². The second-order valence-electron chi connectivity index (χ2n) is 13.5. The summed E-state index contributed by atoms with van der Waals surface area (Å²) >= 11 is 0. The molecule has 14 nitrogen and oxygen atoms in total. The molecule has 50 heavy (non-hydrogen) atoms. The van der Waals surface area contributed by atoms with Crippen LogP contribution in [0.15, 0.2) is 12.2 Å². The number of rotatable bonds is 19. The van der Waals surface area contributed by atoms with Gasteiger partial charge in [-0.2, -0.15) is 0 Å². The molecule has 1 saturated heterocycles. The fourth-order valence-corrected chi connectivity index (χ4v) is 7.15. The molecule has 4 rings (SSSR count). The van der Waals surface area contributed by atoms with Gasteiger partial charge in [-0.05, 0) is 88.9 Å². The van der Waals surface area contributed by atoms with Gasteiger partial charge in [-0.1, -0.05) is 0 Å². The zero-order valence-corrected chi connectivity index (χ0v) is 28.8. The summed E-state index contributed by atoms with van der Waals surface area (Å²) in [7, 11) is 0. The molecule has 0 N–H and O–H groups in total. The van der Waals surface area contributed by atoms with Gasteiger partial charge >= 0.3 is 23.9 Å². The summed E-state index contributed by atoms with van der Waals surface area (Å²) in [5, 5.41) is 0. The Balaban J connectivity index is 0.964. The molecule has 2 saturated carbocycles. The van der Waals surface area contributed by atoms with Crippen LogP contribution in [0.25, 0.3) is 0 Å². The fourth-order valence-electron chi connectivity index (χ4n) is 7.15. The molecule has 0 aromatic carbocycles. The third-order valence-electron chi connectivity index (χ3n) is 10.1. The summed E-state index contributed by atoms with van der Waals surface area (Å²) in [6.07, 6.45) is 12.3. The summed E-state index contributed by atoms with van der Waals surface area (Å²) in [6.45, 7) is 0.544. The maximum Gasteiger partial charge on any atom is 0.308 e. The smallest absolute Gasteiger partial charge is 0.308 e. The van der Waals surface area contributed by atoms with E-state index in [1.165, 1.54) is 12.2 Å². The van der Waals surface area contributed by atoms with Crippen LogP contribution in [0.5, 0.6) is 0 Å². The lowest BCUT2D eigenvalue weighted by molar-refractivity contribution is -0.152. The van der Waals surface area contributed by atoms with Crippen LogP contribution >= 0.6 is 0 Å². The predicted molar refractivity (Wildman–Crippen MR) is 174 cm³/mol. The molecular weight excluding hydrogens is 652 g/mol. The number of hydrogen-bond acceptors (Lipinski definition) is 12. The van der Waals surface area contributed by atoms with E-state index in [1.54, 1.807) is 0 Å². The van der Waals surface area contributed by atoms with Crippen LogP contribution in [-0.4, -0.2) is 96.8 Å². The molecule has 14 heteroatoms. The topological polar surface area (TPSA) is 180 Å². The molecule has 0 spiro atoms. The van der Waals surface area contributed by atoms with E-state index in [0.717, 1.165) is 61.2 Å². The van der Waals surface area contributed by atoms with Crippen LogP contribution in [0, 0.1) is 23.7 Å². The minimum atomic E-state index is -0.424. The number of ether oxygens (including phenoxy) is 4. The average molecular weight is 703 g/mol. The van der Waals surface area contributed by atoms with Crippen LogP contribution in [0.1, 0.15) is 103 Å². The van der Waals surface area contributed by atoms with E-state index in [1.807, 2.05) is 0 Å². The van der Waals surface area contributed by atoms with Gasteiger partial charge in [-0.3, -0.25) is 48.2 Å². The van der Waals surface area contributed by atoms with E-state index in [-0.39, 0.29) is 101 Å². The van der Waals surface area contributed by atoms with Crippen molar-refractivity contribution in [2.24, 2.45) is 23.7 Å². The number of likely N-dealkylation sites (tertiary alicyclic amines) is 1. The molecule has 2 aliphatic heterocycles. The van der Waals surface area contributed by atoms with Crippen LogP contribution in [0.3, 0.4) is 0 Å². The van der Waals surface area contributed by atoms with Gasteiger partial charge in [0.1, 0.15) is 13.2 Å². The number of nitrogens with zero attached hydrogens (tertiary/aromatic N) is 2. The number of carbonyl (C=O) groups excluding carboxylic acids is 8.